The predicted molar refractivity (Wildman–Crippen MR) is 87.7 cm³/mol. The molecule has 1 aromatic carbocycles. The lowest BCUT2D eigenvalue weighted by molar-refractivity contribution is 0.637. The molecule has 0 fully saturated rings. The third-order valence-corrected chi connectivity index (χ3v) is 3.95. The molecule has 0 saturated carbocycles. The van der Waals surface area contributed by atoms with Crippen LogP contribution in [0.3, 0.4) is 0 Å². The topological polar surface area (TPSA) is 54.7 Å². The summed E-state index contributed by atoms with van der Waals surface area (Å²) in [7, 11) is 0. The third-order valence-electron chi connectivity index (χ3n) is 3.42. The number of rotatable bonds is 7. The fourth-order valence-corrected chi connectivity index (χ4v) is 2.58. The lowest BCUT2D eigenvalue weighted by Crippen LogP contribution is -1.98. The van der Waals surface area contributed by atoms with E-state index >= 15 is 0 Å². The summed E-state index contributed by atoms with van der Waals surface area (Å²) in [5, 5.41) is 0. The summed E-state index contributed by atoms with van der Waals surface area (Å²) in [6.07, 6.45) is 5.76. The van der Waals surface area contributed by atoms with Gasteiger partial charge in [0.1, 0.15) is 5.82 Å². The Hall–Kier alpha value is -1.13. The van der Waals surface area contributed by atoms with Crippen LogP contribution in [0, 0.1) is 6.92 Å². The molecule has 108 valence electrons. The first kappa shape index (κ1) is 15.3. The number of hydrogen-bond donors (Lipinski definition) is 2. The number of aryl methyl sites for hydroxylation is 2. The number of aromatic nitrogens is 2. The van der Waals surface area contributed by atoms with E-state index in [0.29, 0.717) is 0 Å². The number of halogens is 1. The molecule has 2 aromatic rings. The van der Waals surface area contributed by atoms with E-state index < -0.39 is 0 Å². The number of hydrogen-bond acceptors (Lipinski definition) is 2. The average molecular weight is 336 g/mol. The molecule has 0 spiro atoms. The van der Waals surface area contributed by atoms with E-state index in [1.165, 1.54) is 19.3 Å². The number of nitrogens with zero attached hydrogens (tertiary/aromatic N) is 1. The Kier molecular flexibility index (Phi) is 5.80. The van der Waals surface area contributed by atoms with Crippen LogP contribution in [0.25, 0.3) is 11.3 Å². The summed E-state index contributed by atoms with van der Waals surface area (Å²) in [4.78, 5) is 8.13. The lowest BCUT2D eigenvalue weighted by Gasteiger charge is -1.99. The van der Waals surface area contributed by atoms with Crippen molar-refractivity contribution in [3.8, 4) is 11.3 Å². The Labute approximate surface area is 129 Å². The van der Waals surface area contributed by atoms with Crippen LogP contribution in [0.1, 0.15) is 37.2 Å². The van der Waals surface area contributed by atoms with Crippen molar-refractivity contribution in [3.05, 3.63) is 40.3 Å². The molecule has 2 rings (SSSR count). The van der Waals surface area contributed by atoms with Gasteiger partial charge in [0.15, 0.2) is 0 Å². The molecule has 0 bridgehead atoms. The van der Waals surface area contributed by atoms with Gasteiger partial charge in [-0.1, -0.05) is 40.9 Å². The zero-order valence-corrected chi connectivity index (χ0v) is 13.5. The Morgan fingerprint density at radius 3 is 2.50 bits per heavy atom. The molecule has 0 atom stereocenters. The maximum absolute atomic E-state index is 5.50. The Morgan fingerprint density at radius 2 is 1.80 bits per heavy atom. The number of nitrogens with one attached hydrogen (secondary N) is 1. The molecule has 3 nitrogen and oxygen atoms in total. The SMILES string of the molecule is Cc1[nH]c(CCCCCCN)nc1-c1ccc(Br)cc1. The number of imidazole rings is 1. The van der Waals surface area contributed by atoms with Gasteiger partial charge in [-0.2, -0.15) is 0 Å². The van der Waals surface area contributed by atoms with Crippen LogP contribution in [0.2, 0.25) is 0 Å². The quantitative estimate of drug-likeness (QED) is 0.744. The van der Waals surface area contributed by atoms with E-state index in [1.807, 2.05) is 0 Å². The van der Waals surface area contributed by atoms with Gasteiger partial charge in [-0.15, -0.1) is 0 Å². The van der Waals surface area contributed by atoms with E-state index in [4.69, 9.17) is 10.7 Å². The number of benzene rings is 1. The van der Waals surface area contributed by atoms with Crippen LogP contribution in [0.5, 0.6) is 0 Å². The van der Waals surface area contributed by atoms with Gasteiger partial charge in [0.05, 0.1) is 5.69 Å². The molecule has 20 heavy (non-hydrogen) atoms. The van der Waals surface area contributed by atoms with Crippen LogP contribution < -0.4 is 5.73 Å². The number of nitrogens with two attached hydrogens (primary N) is 1. The third kappa shape index (κ3) is 4.18. The molecule has 4 heteroatoms. The number of unbranched alkanes of at least 4 members (excludes halogenated alkanes) is 3. The zero-order chi connectivity index (χ0) is 14.4. The second-order valence-corrected chi connectivity index (χ2v) is 6.03. The summed E-state index contributed by atoms with van der Waals surface area (Å²) < 4.78 is 1.09. The van der Waals surface area contributed by atoms with Gasteiger partial charge in [0.2, 0.25) is 0 Å². The first-order valence-electron chi connectivity index (χ1n) is 7.22. The Bertz CT molecular complexity index is 531. The summed E-state index contributed by atoms with van der Waals surface area (Å²) in [6, 6.07) is 8.29. The summed E-state index contributed by atoms with van der Waals surface area (Å²) in [5.74, 6) is 1.09. The average Bonchev–Trinajstić information content (AvgIpc) is 2.81. The van der Waals surface area contributed by atoms with Crippen molar-refractivity contribution in [2.75, 3.05) is 6.54 Å². The van der Waals surface area contributed by atoms with E-state index in [0.717, 1.165) is 46.6 Å². The number of H-pyrrole nitrogens is 1. The highest BCUT2D eigenvalue weighted by atomic mass is 79.9. The molecule has 1 heterocycles. The Balaban J connectivity index is 1.97. The molecule has 0 aliphatic rings. The summed E-state index contributed by atoms with van der Waals surface area (Å²) in [6.45, 7) is 2.88. The van der Waals surface area contributed by atoms with Gasteiger partial charge in [-0.3, -0.25) is 0 Å². The normalized spacial score (nSPS) is 10.9. The maximum atomic E-state index is 5.50. The highest BCUT2D eigenvalue weighted by Gasteiger charge is 2.08. The van der Waals surface area contributed by atoms with Crippen molar-refractivity contribution in [2.45, 2.75) is 39.0 Å². The smallest absolute Gasteiger partial charge is 0.106 e. The number of aromatic amines is 1. The van der Waals surface area contributed by atoms with Crippen LogP contribution in [0.4, 0.5) is 0 Å². The van der Waals surface area contributed by atoms with Crippen LogP contribution in [-0.4, -0.2) is 16.5 Å². The highest BCUT2D eigenvalue weighted by Crippen LogP contribution is 2.23. The molecular formula is C16H22BrN3. The summed E-state index contributed by atoms with van der Waals surface area (Å²) >= 11 is 3.46. The van der Waals surface area contributed by atoms with Gasteiger partial charge >= 0.3 is 0 Å². The van der Waals surface area contributed by atoms with Crippen molar-refractivity contribution in [1.82, 2.24) is 9.97 Å². The zero-order valence-electron chi connectivity index (χ0n) is 12.0. The maximum Gasteiger partial charge on any atom is 0.106 e. The molecule has 0 radical (unpaired) electrons. The van der Waals surface area contributed by atoms with E-state index in [1.54, 1.807) is 0 Å². The van der Waals surface area contributed by atoms with Crippen molar-refractivity contribution < 1.29 is 0 Å². The highest BCUT2D eigenvalue weighted by molar-refractivity contribution is 9.10. The van der Waals surface area contributed by atoms with Crippen LogP contribution in [0.15, 0.2) is 28.7 Å². The minimum atomic E-state index is 0.799. The molecule has 0 aliphatic carbocycles. The molecular weight excluding hydrogens is 314 g/mol. The van der Waals surface area contributed by atoms with E-state index in [9.17, 15) is 0 Å². The summed E-state index contributed by atoms with van der Waals surface area (Å²) in [5.41, 5.74) is 8.87. The molecule has 1 aromatic heterocycles. The molecule has 0 saturated heterocycles. The minimum Gasteiger partial charge on any atom is -0.346 e. The first-order chi connectivity index (χ1) is 9.70. The van der Waals surface area contributed by atoms with Crippen molar-refractivity contribution in [1.29, 1.82) is 0 Å². The second kappa shape index (κ2) is 7.60. The first-order valence-corrected chi connectivity index (χ1v) is 8.01. The largest absolute Gasteiger partial charge is 0.346 e. The van der Waals surface area contributed by atoms with Gasteiger partial charge in [0, 0.05) is 22.2 Å². The second-order valence-electron chi connectivity index (χ2n) is 5.12. The van der Waals surface area contributed by atoms with Crippen molar-refractivity contribution in [3.63, 3.8) is 0 Å². The van der Waals surface area contributed by atoms with Crippen molar-refractivity contribution >= 4 is 15.9 Å². The van der Waals surface area contributed by atoms with Crippen LogP contribution >= 0.6 is 15.9 Å². The van der Waals surface area contributed by atoms with Gasteiger partial charge in [-0.05, 0) is 38.4 Å². The molecule has 3 N–H and O–H groups in total. The fraction of sp³-hybridized carbons (Fsp3) is 0.438. The van der Waals surface area contributed by atoms with Gasteiger partial charge in [-0.25, -0.2) is 4.98 Å². The molecule has 0 unspecified atom stereocenters. The molecule has 0 amide bonds. The monoisotopic (exact) mass is 335 g/mol. The standard InChI is InChI=1S/C16H22BrN3/c1-12-16(13-7-9-14(17)10-8-13)20-15(19-12)6-4-2-3-5-11-18/h7-10H,2-6,11,18H2,1H3,(H,19,20). The molecule has 0 aliphatic heterocycles. The predicted octanol–water partition coefficient (Wildman–Crippen LogP) is 4.21. The fourth-order valence-electron chi connectivity index (χ4n) is 2.32. The van der Waals surface area contributed by atoms with Gasteiger partial charge < -0.3 is 10.7 Å². The van der Waals surface area contributed by atoms with Crippen LogP contribution in [-0.2, 0) is 6.42 Å². The van der Waals surface area contributed by atoms with E-state index in [2.05, 4.69) is 52.1 Å². The van der Waals surface area contributed by atoms with Crippen molar-refractivity contribution in [2.24, 2.45) is 5.73 Å². The van der Waals surface area contributed by atoms with Gasteiger partial charge in [0.25, 0.3) is 0 Å². The minimum absolute atomic E-state index is 0.799. The van der Waals surface area contributed by atoms with E-state index in [-0.39, 0.29) is 0 Å². The Morgan fingerprint density at radius 1 is 1.10 bits per heavy atom. The lowest BCUT2D eigenvalue weighted by atomic mass is 10.1.